The predicted molar refractivity (Wildman–Crippen MR) is 63.7 cm³/mol. The highest BCUT2D eigenvalue weighted by molar-refractivity contribution is 6.04. The molecule has 0 aromatic heterocycles. The number of carbonyl (C=O) groups is 1. The molecule has 0 aliphatic carbocycles. The van der Waals surface area contributed by atoms with E-state index in [4.69, 9.17) is 0 Å². The third-order valence-corrected chi connectivity index (χ3v) is 2.26. The lowest BCUT2D eigenvalue weighted by Gasteiger charge is -2.08. The monoisotopic (exact) mass is 203 g/mol. The van der Waals surface area contributed by atoms with Gasteiger partial charge >= 0.3 is 0 Å². The molecule has 2 nitrogen and oxygen atoms in total. The van der Waals surface area contributed by atoms with Crippen molar-refractivity contribution < 1.29 is 4.79 Å². The molecule has 1 aromatic carbocycles. The summed E-state index contributed by atoms with van der Waals surface area (Å²) >= 11 is 0. The van der Waals surface area contributed by atoms with Crippen molar-refractivity contribution in [3.05, 3.63) is 41.5 Å². The summed E-state index contributed by atoms with van der Waals surface area (Å²) in [6.45, 7) is 5.92. The maximum absolute atomic E-state index is 11.8. The Bertz CT molecular complexity index is 361. The highest BCUT2D eigenvalue weighted by Crippen LogP contribution is 2.12. The summed E-state index contributed by atoms with van der Waals surface area (Å²) in [5, 5.41) is 2.88. The summed E-state index contributed by atoms with van der Waals surface area (Å²) in [6, 6.07) is 9.51. The zero-order valence-corrected chi connectivity index (χ0v) is 9.50. The van der Waals surface area contributed by atoms with Crippen molar-refractivity contribution in [1.29, 1.82) is 0 Å². The van der Waals surface area contributed by atoms with E-state index in [0.717, 1.165) is 23.3 Å². The number of rotatable bonds is 3. The Kier molecular flexibility index (Phi) is 4.10. The number of carbonyl (C=O) groups excluding carboxylic acids is 1. The second kappa shape index (κ2) is 5.35. The lowest BCUT2D eigenvalue weighted by Crippen LogP contribution is -2.14. The van der Waals surface area contributed by atoms with Crippen molar-refractivity contribution >= 4 is 11.6 Å². The topological polar surface area (TPSA) is 29.1 Å². The Labute approximate surface area is 91.0 Å². The van der Waals surface area contributed by atoms with E-state index in [1.807, 2.05) is 51.1 Å². The first-order valence-corrected chi connectivity index (χ1v) is 5.18. The number of para-hydroxylation sites is 1. The minimum Gasteiger partial charge on any atom is -0.322 e. The lowest BCUT2D eigenvalue weighted by atomic mass is 10.1. The largest absolute Gasteiger partial charge is 0.322 e. The van der Waals surface area contributed by atoms with Crippen molar-refractivity contribution in [2.75, 3.05) is 5.32 Å². The number of benzene rings is 1. The molecule has 1 amide bonds. The number of nitrogens with one attached hydrogen (secondary N) is 1. The predicted octanol–water partition coefficient (Wildman–Crippen LogP) is 3.37. The molecule has 0 spiro atoms. The molecule has 80 valence electrons. The van der Waals surface area contributed by atoms with Crippen molar-refractivity contribution in [2.45, 2.75) is 27.2 Å². The third-order valence-electron chi connectivity index (χ3n) is 2.26. The molecule has 0 bridgehead atoms. The smallest absolute Gasteiger partial charge is 0.251 e. The molecule has 0 aliphatic heterocycles. The molecule has 0 saturated heterocycles. The fourth-order valence-electron chi connectivity index (χ4n) is 1.47. The SMILES string of the molecule is CCC(C(=O)Nc1ccccc1)=C(C)C. The zero-order chi connectivity index (χ0) is 11.3. The molecule has 0 heterocycles. The summed E-state index contributed by atoms with van der Waals surface area (Å²) in [5.74, 6) is 0.00343. The normalized spacial score (nSPS) is 9.53. The molecule has 1 aromatic rings. The molecule has 0 unspecified atom stereocenters. The van der Waals surface area contributed by atoms with E-state index in [-0.39, 0.29) is 5.91 Å². The Morgan fingerprint density at radius 1 is 1.20 bits per heavy atom. The maximum atomic E-state index is 11.8. The van der Waals surface area contributed by atoms with Gasteiger partial charge in [0, 0.05) is 11.3 Å². The summed E-state index contributed by atoms with van der Waals surface area (Å²) in [6.07, 6.45) is 0.765. The van der Waals surface area contributed by atoms with Crippen LogP contribution in [0.25, 0.3) is 0 Å². The van der Waals surface area contributed by atoms with Gasteiger partial charge in [-0.25, -0.2) is 0 Å². The van der Waals surface area contributed by atoms with Crippen LogP contribution in [0.15, 0.2) is 41.5 Å². The lowest BCUT2D eigenvalue weighted by molar-refractivity contribution is -0.113. The third kappa shape index (κ3) is 3.24. The number of allylic oxidation sites excluding steroid dienone is 1. The van der Waals surface area contributed by atoms with Gasteiger partial charge in [0.2, 0.25) is 0 Å². The van der Waals surface area contributed by atoms with Crippen molar-refractivity contribution in [3.63, 3.8) is 0 Å². The Balaban J connectivity index is 2.76. The zero-order valence-electron chi connectivity index (χ0n) is 9.50. The molecule has 1 rings (SSSR count). The van der Waals surface area contributed by atoms with Gasteiger partial charge in [0.25, 0.3) is 5.91 Å². The molecule has 1 N–H and O–H groups in total. The fourth-order valence-corrected chi connectivity index (χ4v) is 1.47. The summed E-state index contributed by atoms with van der Waals surface area (Å²) in [7, 11) is 0. The van der Waals surface area contributed by atoms with Gasteiger partial charge in [0.05, 0.1) is 0 Å². The van der Waals surface area contributed by atoms with Crippen LogP contribution in [0.3, 0.4) is 0 Å². The van der Waals surface area contributed by atoms with Crippen LogP contribution in [0.5, 0.6) is 0 Å². The molecule has 15 heavy (non-hydrogen) atoms. The van der Waals surface area contributed by atoms with Crippen molar-refractivity contribution in [1.82, 2.24) is 0 Å². The van der Waals surface area contributed by atoms with Gasteiger partial charge in [-0.1, -0.05) is 30.7 Å². The molecule has 0 aliphatic rings. The molecular weight excluding hydrogens is 186 g/mol. The van der Waals surface area contributed by atoms with Gasteiger partial charge in [0.1, 0.15) is 0 Å². The van der Waals surface area contributed by atoms with Gasteiger partial charge in [-0.3, -0.25) is 4.79 Å². The van der Waals surface area contributed by atoms with Gasteiger partial charge in [-0.05, 0) is 32.4 Å². The Morgan fingerprint density at radius 2 is 1.80 bits per heavy atom. The summed E-state index contributed by atoms with van der Waals surface area (Å²) in [4.78, 5) is 11.8. The summed E-state index contributed by atoms with van der Waals surface area (Å²) < 4.78 is 0. The first-order valence-electron chi connectivity index (χ1n) is 5.18. The molecule has 0 saturated carbocycles. The first-order chi connectivity index (χ1) is 7.15. The van der Waals surface area contributed by atoms with Crippen molar-refractivity contribution in [2.24, 2.45) is 0 Å². The van der Waals surface area contributed by atoms with Crippen LogP contribution in [-0.2, 0) is 4.79 Å². The fraction of sp³-hybridized carbons (Fsp3) is 0.308. The number of amides is 1. The minimum atomic E-state index is 0.00343. The van der Waals surface area contributed by atoms with Gasteiger partial charge in [0.15, 0.2) is 0 Å². The van der Waals surface area contributed by atoms with E-state index in [1.54, 1.807) is 0 Å². The van der Waals surface area contributed by atoms with Crippen molar-refractivity contribution in [3.8, 4) is 0 Å². The van der Waals surface area contributed by atoms with E-state index in [0.29, 0.717) is 0 Å². The highest BCUT2D eigenvalue weighted by atomic mass is 16.1. The van der Waals surface area contributed by atoms with E-state index < -0.39 is 0 Å². The second-order valence-electron chi connectivity index (χ2n) is 3.65. The average Bonchev–Trinajstić information content (AvgIpc) is 2.19. The average molecular weight is 203 g/mol. The van der Waals surface area contributed by atoms with Crippen LogP contribution in [-0.4, -0.2) is 5.91 Å². The highest BCUT2D eigenvalue weighted by Gasteiger charge is 2.08. The number of anilines is 1. The second-order valence-corrected chi connectivity index (χ2v) is 3.65. The quantitative estimate of drug-likeness (QED) is 0.750. The van der Waals surface area contributed by atoms with E-state index >= 15 is 0 Å². The molecular formula is C13H17NO. The summed E-state index contributed by atoms with van der Waals surface area (Å²) in [5.41, 5.74) is 2.78. The number of hydrogen-bond donors (Lipinski definition) is 1. The van der Waals surface area contributed by atoms with Crippen LogP contribution in [0.1, 0.15) is 27.2 Å². The molecule has 2 heteroatoms. The van der Waals surface area contributed by atoms with E-state index in [1.165, 1.54) is 0 Å². The molecule has 0 fully saturated rings. The Hall–Kier alpha value is -1.57. The van der Waals surface area contributed by atoms with E-state index in [2.05, 4.69) is 5.32 Å². The van der Waals surface area contributed by atoms with Gasteiger partial charge < -0.3 is 5.32 Å². The number of hydrogen-bond acceptors (Lipinski definition) is 1. The van der Waals surface area contributed by atoms with Crippen LogP contribution in [0.4, 0.5) is 5.69 Å². The minimum absolute atomic E-state index is 0.00343. The van der Waals surface area contributed by atoms with Crippen LogP contribution in [0.2, 0.25) is 0 Å². The molecule has 0 atom stereocenters. The van der Waals surface area contributed by atoms with Gasteiger partial charge in [-0.2, -0.15) is 0 Å². The maximum Gasteiger partial charge on any atom is 0.251 e. The van der Waals surface area contributed by atoms with Crippen LogP contribution in [0, 0.1) is 0 Å². The molecule has 0 radical (unpaired) electrons. The first kappa shape index (κ1) is 11.5. The Morgan fingerprint density at radius 3 is 2.27 bits per heavy atom. The van der Waals surface area contributed by atoms with Crippen LogP contribution < -0.4 is 5.32 Å². The van der Waals surface area contributed by atoms with Crippen LogP contribution >= 0.6 is 0 Å². The standard InChI is InChI=1S/C13H17NO/c1-4-12(10(2)3)13(15)14-11-8-6-5-7-9-11/h5-9H,4H2,1-3H3,(H,14,15). The van der Waals surface area contributed by atoms with Gasteiger partial charge in [-0.15, -0.1) is 0 Å². The van der Waals surface area contributed by atoms with E-state index in [9.17, 15) is 4.79 Å².